The van der Waals surface area contributed by atoms with Gasteiger partial charge in [-0.2, -0.15) is 50.5 Å². The first-order chi connectivity index (χ1) is 4.95. The Morgan fingerprint density at radius 3 is 1.36 bits per heavy atom. The molecule has 0 aliphatic carbocycles. The van der Waals surface area contributed by atoms with Crippen LogP contribution in [0.3, 0.4) is 0 Å². The summed E-state index contributed by atoms with van der Waals surface area (Å²) >= 11 is 15.4. The standard InChI is InChI=1S/C4H6O2S5/c5-1(3(7)8)11-2(6)4(9)10/h3-4,7-10H. The van der Waals surface area contributed by atoms with Gasteiger partial charge in [0, 0.05) is 0 Å². The smallest absolute Gasteiger partial charge is 0.218 e. The van der Waals surface area contributed by atoms with E-state index in [1.807, 2.05) is 0 Å². The molecule has 0 aromatic carbocycles. The Morgan fingerprint density at radius 2 is 1.18 bits per heavy atom. The van der Waals surface area contributed by atoms with Crippen LogP contribution in [0.5, 0.6) is 0 Å². The summed E-state index contributed by atoms with van der Waals surface area (Å²) in [6, 6.07) is 0. The minimum absolute atomic E-state index is 0.408. The van der Waals surface area contributed by atoms with E-state index in [2.05, 4.69) is 50.5 Å². The van der Waals surface area contributed by atoms with Crippen LogP contribution in [0.15, 0.2) is 0 Å². The molecule has 0 radical (unpaired) electrons. The maximum absolute atomic E-state index is 10.8. The van der Waals surface area contributed by atoms with Gasteiger partial charge in [0.1, 0.15) is 9.16 Å². The molecule has 0 aliphatic heterocycles. The van der Waals surface area contributed by atoms with Crippen molar-refractivity contribution in [1.29, 1.82) is 0 Å². The molecule has 11 heavy (non-hydrogen) atoms. The highest BCUT2D eigenvalue weighted by Crippen LogP contribution is 2.18. The van der Waals surface area contributed by atoms with E-state index >= 15 is 0 Å². The third-order valence-electron chi connectivity index (χ3n) is 0.623. The van der Waals surface area contributed by atoms with Crippen LogP contribution >= 0.6 is 62.3 Å². The highest BCUT2D eigenvalue weighted by atomic mass is 32.2. The van der Waals surface area contributed by atoms with Gasteiger partial charge in [-0.25, -0.2) is 0 Å². The number of carbonyl (C=O) groups is 2. The van der Waals surface area contributed by atoms with Crippen LogP contribution in [0.1, 0.15) is 0 Å². The maximum atomic E-state index is 10.8. The first kappa shape index (κ1) is 12.1. The zero-order chi connectivity index (χ0) is 9.02. The molecule has 64 valence electrons. The van der Waals surface area contributed by atoms with Gasteiger partial charge in [0.2, 0.25) is 10.2 Å². The molecule has 0 aromatic rings. The van der Waals surface area contributed by atoms with Gasteiger partial charge in [-0.3, -0.25) is 9.59 Å². The molecule has 0 N–H and O–H groups in total. The van der Waals surface area contributed by atoms with E-state index < -0.39 is 19.4 Å². The average molecular weight is 246 g/mol. The minimum atomic E-state index is -0.732. The number of thiol groups is 4. The SMILES string of the molecule is O=C(SC(=O)C(S)S)C(S)S. The molecule has 0 fully saturated rings. The molecule has 0 aromatic heterocycles. The van der Waals surface area contributed by atoms with Gasteiger partial charge in [-0.15, -0.1) is 0 Å². The summed E-state index contributed by atoms with van der Waals surface area (Å²) in [6.07, 6.45) is 0. The minimum Gasteiger partial charge on any atom is -0.285 e. The molecular weight excluding hydrogens is 240 g/mol. The van der Waals surface area contributed by atoms with Crippen molar-refractivity contribution in [2.24, 2.45) is 0 Å². The summed E-state index contributed by atoms with van der Waals surface area (Å²) in [5.41, 5.74) is 0. The molecule has 2 nitrogen and oxygen atoms in total. The Labute approximate surface area is 90.9 Å². The van der Waals surface area contributed by atoms with E-state index in [9.17, 15) is 9.59 Å². The number of rotatable bonds is 2. The summed E-state index contributed by atoms with van der Waals surface area (Å²) < 4.78 is -1.46. The molecule has 7 heteroatoms. The average Bonchev–Trinajstić information content (AvgIpc) is 1.87. The fourth-order valence-electron chi connectivity index (χ4n) is 0.205. The van der Waals surface area contributed by atoms with Crippen LogP contribution in [0.2, 0.25) is 0 Å². The van der Waals surface area contributed by atoms with Crippen molar-refractivity contribution in [2.45, 2.75) is 9.16 Å². The van der Waals surface area contributed by atoms with Crippen LogP contribution < -0.4 is 0 Å². The number of carbonyl (C=O) groups excluding carboxylic acids is 2. The second kappa shape index (κ2) is 5.69. The van der Waals surface area contributed by atoms with Crippen molar-refractivity contribution in [1.82, 2.24) is 0 Å². The van der Waals surface area contributed by atoms with Gasteiger partial charge in [-0.1, -0.05) is 0 Å². The molecule has 0 atom stereocenters. The summed E-state index contributed by atoms with van der Waals surface area (Å²) in [7, 11) is 0. The molecule has 0 rings (SSSR count). The van der Waals surface area contributed by atoms with E-state index in [4.69, 9.17) is 0 Å². The fourth-order valence-corrected chi connectivity index (χ4v) is 1.25. The van der Waals surface area contributed by atoms with E-state index in [1.54, 1.807) is 0 Å². The topological polar surface area (TPSA) is 34.1 Å². The third-order valence-corrected chi connectivity index (χ3v) is 3.13. The largest absolute Gasteiger partial charge is 0.285 e. The van der Waals surface area contributed by atoms with Gasteiger partial charge in [0.15, 0.2) is 0 Å². The molecular formula is C4H6O2S5. The number of hydrogen-bond donors (Lipinski definition) is 4. The van der Waals surface area contributed by atoms with Crippen molar-refractivity contribution in [3.63, 3.8) is 0 Å². The summed E-state index contributed by atoms with van der Waals surface area (Å²) in [5, 5.41) is -0.815. The quantitative estimate of drug-likeness (QED) is 0.436. The van der Waals surface area contributed by atoms with Crippen LogP contribution in [-0.4, -0.2) is 19.4 Å². The van der Waals surface area contributed by atoms with Gasteiger partial charge in [0.05, 0.1) is 0 Å². The predicted octanol–water partition coefficient (Wildman–Crippen LogP) is 1.14. The molecule has 0 bridgehead atoms. The van der Waals surface area contributed by atoms with Crippen molar-refractivity contribution in [3.8, 4) is 0 Å². The molecule has 0 saturated heterocycles. The Bertz CT molecular complexity index is 148. The van der Waals surface area contributed by atoms with Crippen molar-refractivity contribution in [2.75, 3.05) is 0 Å². The fraction of sp³-hybridized carbons (Fsp3) is 0.500. The van der Waals surface area contributed by atoms with Crippen LogP contribution in [-0.2, 0) is 9.59 Å². The van der Waals surface area contributed by atoms with Gasteiger partial charge < -0.3 is 0 Å². The summed E-state index contributed by atoms with van der Waals surface area (Å²) in [5.74, 6) is 0. The number of hydrogen-bond acceptors (Lipinski definition) is 7. The highest BCUT2D eigenvalue weighted by molar-refractivity contribution is 8.29. The zero-order valence-electron chi connectivity index (χ0n) is 5.17. The molecule has 0 heterocycles. The van der Waals surface area contributed by atoms with Crippen molar-refractivity contribution >= 4 is 72.5 Å². The van der Waals surface area contributed by atoms with E-state index in [0.29, 0.717) is 11.8 Å². The Kier molecular flexibility index (Phi) is 6.25. The zero-order valence-corrected chi connectivity index (χ0v) is 9.56. The Balaban J connectivity index is 3.86. The predicted molar refractivity (Wildman–Crippen MR) is 61.1 cm³/mol. The van der Waals surface area contributed by atoms with Crippen LogP contribution in [0, 0.1) is 0 Å². The first-order valence-corrected chi connectivity index (χ1v) is 5.31. The molecule has 0 spiro atoms. The van der Waals surface area contributed by atoms with Gasteiger partial charge in [-0.05, 0) is 11.8 Å². The van der Waals surface area contributed by atoms with Gasteiger partial charge in [0.25, 0.3) is 0 Å². The second-order valence-electron chi connectivity index (χ2n) is 1.49. The first-order valence-electron chi connectivity index (χ1n) is 2.43. The molecule has 0 aliphatic rings. The highest BCUT2D eigenvalue weighted by Gasteiger charge is 2.18. The maximum Gasteiger partial charge on any atom is 0.218 e. The second-order valence-corrected chi connectivity index (χ2v) is 5.38. The normalized spacial score (nSPS) is 10.7. The van der Waals surface area contributed by atoms with E-state index in [-0.39, 0.29) is 0 Å². The molecule has 0 saturated carbocycles. The summed E-state index contributed by atoms with van der Waals surface area (Å²) in [6.45, 7) is 0. The Morgan fingerprint density at radius 1 is 0.909 bits per heavy atom. The lowest BCUT2D eigenvalue weighted by molar-refractivity contribution is -0.111. The Hall–Kier alpha value is 1.09. The van der Waals surface area contributed by atoms with Crippen LogP contribution in [0.25, 0.3) is 0 Å². The van der Waals surface area contributed by atoms with Crippen molar-refractivity contribution < 1.29 is 9.59 Å². The van der Waals surface area contributed by atoms with Crippen molar-refractivity contribution in [3.05, 3.63) is 0 Å². The monoisotopic (exact) mass is 246 g/mol. The van der Waals surface area contributed by atoms with E-state index in [1.165, 1.54) is 0 Å². The van der Waals surface area contributed by atoms with Gasteiger partial charge >= 0.3 is 0 Å². The lowest BCUT2D eigenvalue weighted by Gasteiger charge is -2.01. The lowest BCUT2D eigenvalue weighted by atomic mass is 10.9. The number of thioether (sulfide) groups is 1. The van der Waals surface area contributed by atoms with Crippen LogP contribution in [0.4, 0.5) is 0 Å². The third kappa shape index (κ3) is 5.35. The van der Waals surface area contributed by atoms with E-state index in [0.717, 1.165) is 0 Å². The summed E-state index contributed by atoms with van der Waals surface area (Å²) in [4.78, 5) is 21.6. The lowest BCUT2D eigenvalue weighted by Crippen LogP contribution is -2.11. The molecule has 0 amide bonds. The molecule has 0 unspecified atom stereocenters.